The number of aromatic nitrogens is 3. The standard InChI is InChI=1S/C19H23FN4O/c1-13-21-14(2)24(22-13)15-6-5-11-23(12-15)18(25)19(9-10-19)16-7-3-4-8-17(16)20/h3-4,7-8,15H,5-6,9-12H2,1-2H3/t15-/m1/s1. The molecule has 2 fully saturated rings. The van der Waals surface area contributed by atoms with Crippen molar-refractivity contribution in [3.05, 3.63) is 47.3 Å². The smallest absolute Gasteiger partial charge is 0.233 e. The number of benzene rings is 1. The lowest BCUT2D eigenvalue weighted by molar-refractivity contribution is -0.135. The lowest BCUT2D eigenvalue weighted by Gasteiger charge is -2.35. The van der Waals surface area contributed by atoms with Gasteiger partial charge in [-0.3, -0.25) is 4.79 Å². The second-order valence-corrected chi connectivity index (χ2v) is 7.26. The molecule has 5 nitrogen and oxygen atoms in total. The van der Waals surface area contributed by atoms with Gasteiger partial charge in [-0.25, -0.2) is 14.1 Å². The van der Waals surface area contributed by atoms with Crippen LogP contribution < -0.4 is 0 Å². The van der Waals surface area contributed by atoms with Crippen LogP contribution in [0.3, 0.4) is 0 Å². The molecule has 1 aliphatic heterocycles. The van der Waals surface area contributed by atoms with Crippen molar-refractivity contribution in [2.75, 3.05) is 13.1 Å². The Morgan fingerprint density at radius 3 is 2.68 bits per heavy atom. The number of rotatable bonds is 3. The summed E-state index contributed by atoms with van der Waals surface area (Å²) in [4.78, 5) is 19.5. The van der Waals surface area contributed by atoms with E-state index in [1.807, 2.05) is 29.5 Å². The molecule has 1 aromatic heterocycles. The van der Waals surface area contributed by atoms with Gasteiger partial charge in [-0.15, -0.1) is 0 Å². The van der Waals surface area contributed by atoms with Crippen LogP contribution >= 0.6 is 0 Å². The van der Waals surface area contributed by atoms with E-state index in [0.717, 1.165) is 43.9 Å². The molecule has 2 heterocycles. The number of hydrogen-bond acceptors (Lipinski definition) is 3. The maximum absolute atomic E-state index is 14.3. The van der Waals surface area contributed by atoms with Gasteiger partial charge in [-0.05, 0) is 45.6 Å². The minimum absolute atomic E-state index is 0.0665. The van der Waals surface area contributed by atoms with Crippen LogP contribution in [0.2, 0.25) is 0 Å². The van der Waals surface area contributed by atoms with Crippen molar-refractivity contribution in [2.24, 2.45) is 0 Å². The molecule has 2 aliphatic rings. The molecule has 25 heavy (non-hydrogen) atoms. The molecule has 2 aromatic rings. The third kappa shape index (κ3) is 2.73. The fourth-order valence-corrected chi connectivity index (χ4v) is 4.10. The molecule has 1 amide bonds. The Balaban J connectivity index is 1.57. The predicted molar refractivity (Wildman–Crippen MR) is 91.7 cm³/mol. The van der Waals surface area contributed by atoms with Crippen LogP contribution in [-0.2, 0) is 10.2 Å². The molecule has 1 saturated heterocycles. The SMILES string of the molecule is Cc1nc(C)n([C@@H]2CCCN(C(=O)C3(c4ccccc4F)CC3)C2)n1. The zero-order valence-electron chi connectivity index (χ0n) is 14.7. The molecule has 0 radical (unpaired) electrons. The summed E-state index contributed by atoms with van der Waals surface area (Å²) < 4.78 is 16.2. The maximum atomic E-state index is 14.3. The molecule has 1 aromatic carbocycles. The van der Waals surface area contributed by atoms with Crippen LogP contribution in [0.25, 0.3) is 0 Å². The summed E-state index contributed by atoms with van der Waals surface area (Å²) >= 11 is 0. The summed E-state index contributed by atoms with van der Waals surface area (Å²) in [5.74, 6) is 1.43. The van der Waals surface area contributed by atoms with Crippen molar-refractivity contribution in [2.45, 2.75) is 51.0 Å². The molecule has 1 atom stereocenters. The zero-order valence-corrected chi connectivity index (χ0v) is 14.7. The predicted octanol–water partition coefficient (Wildman–Crippen LogP) is 2.93. The molecule has 0 unspecified atom stereocenters. The summed E-state index contributed by atoms with van der Waals surface area (Å²) in [6, 6.07) is 6.84. The highest BCUT2D eigenvalue weighted by Gasteiger charge is 2.54. The second-order valence-electron chi connectivity index (χ2n) is 7.26. The van der Waals surface area contributed by atoms with E-state index in [1.165, 1.54) is 6.07 Å². The molecule has 1 aliphatic carbocycles. The van der Waals surface area contributed by atoms with E-state index >= 15 is 0 Å². The summed E-state index contributed by atoms with van der Waals surface area (Å²) in [6.45, 7) is 5.19. The first-order valence-electron chi connectivity index (χ1n) is 8.95. The number of amides is 1. The number of halogens is 1. The molecule has 1 saturated carbocycles. The van der Waals surface area contributed by atoms with Crippen molar-refractivity contribution < 1.29 is 9.18 Å². The summed E-state index contributed by atoms with van der Waals surface area (Å²) in [5.41, 5.74) is -0.101. The van der Waals surface area contributed by atoms with Crippen LogP contribution in [0.15, 0.2) is 24.3 Å². The van der Waals surface area contributed by atoms with Gasteiger partial charge in [0.15, 0.2) is 0 Å². The first kappa shape index (κ1) is 16.2. The number of aryl methyl sites for hydroxylation is 2. The number of likely N-dealkylation sites (tertiary alicyclic amines) is 1. The van der Waals surface area contributed by atoms with E-state index in [9.17, 15) is 9.18 Å². The van der Waals surface area contributed by atoms with E-state index in [0.29, 0.717) is 12.1 Å². The molecule has 0 spiro atoms. The summed E-state index contributed by atoms with van der Waals surface area (Å²) in [5, 5.41) is 4.49. The Bertz CT molecular complexity index is 812. The molecular weight excluding hydrogens is 319 g/mol. The molecule has 4 rings (SSSR count). The zero-order chi connectivity index (χ0) is 17.6. The Morgan fingerprint density at radius 2 is 2.04 bits per heavy atom. The van der Waals surface area contributed by atoms with Gasteiger partial charge in [0.1, 0.15) is 17.5 Å². The molecule has 0 N–H and O–H groups in total. The van der Waals surface area contributed by atoms with Crippen LogP contribution in [0.4, 0.5) is 4.39 Å². The number of nitrogens with zero attached hydrogens (tertiary/aromatic N) is 4. The first-order valence-corrected chi connectivity index (χ1v) is 8.95. The Kier molecular flexibility index (Phi) is 3.85. The van der Waals surface area contributed by atoms with Gasteiger partial charge in [0.2, 0.25) is 5.91 Å². The van der Waals surface area contributed by atoms with E-state index < -0.39 is 5.41 Å². The van der Waals surface area contributed by atoms with Crippen molar-refractivity contribution in [1.82, 2.24) is 19.7 Å². The van der Waals surface area contributed by atoms with Gasteiger partial charge in [-0.1, -0.05) is 18.2 Å². The second kappa shape index (κ2) is 5.93. The van der Waals surface area contributed by atoms with Crippen LogP contribution in [0.1, 0.15) is 48.9 Å². The first-order chi connectivity index (χ1) is 12.0. The van der Waals surface area contributed by atoms with Crippen LogP contribution in [0, 0.1) is 19.7 Å². The van der Waals surface area contributed by atoms with E-state index in [-0.39, 0.29) is 17.8 Å². The number of carbonyl (C=O) groups excluding carboxylic acids is 1. The third-order valence-electron chi connectivity index (χ3n) is 5.49. The molecular formula is C19H23FN4O. The highest BCUT2D eigenvalue weighted by molar-refractivity contribution is 5.91. The number of hydrogen-bond donors (Lipinski definition) is 0. The Hall–Kier alpha value is -2.24. The largest absolute Gasteiger partial charge is 0.340 e. The quantitative estimate of drug-likeness (QED) is 0.862. The van der Waals surface area contributed by atoms with Crippen molar-refractivity contribution in [1.29, 1.82) is 0 Å². The normalized spacial score (nSPS) is 22.0. The van der Waals surface area contributed by atoms with E-state index in [4.69, 9.17) is 0 Å². The number of carbonyl (C=O) groups is 1. The minimum atomic E-state index is -0.652. The summed E-state index contributed by atoms with van der Waals surface area (Å²) in [6.07, 6.45) is 3.38. The fourth-order valence-electron chi connectivity index (χ4n) is 4.10. The Morgan fingerprint density at radius 1 is 1.28 bits per heavy atom. The highest BCUT2D eigenvalue weighted by atomic mass is 19.1. The van der Waals surface area contributed by atoms with Gasteiger partial charge in [-0.2, -0.15) is 5.10 Å². The average molecular weight is 342 g/mol. The lowest BCUT2D eigenvalue weighted by Crippen LogP contribution is -2.46. The number of piperidine rings is 1. The van der Waals surface area contributed by atoms with Crippen LogP contribution in [0.5, 0.6) is 0 Å². The fraction of sp³-hybridized carbons (Fsp3) is 0.526. The average Bonchev–Trinajstić information content (AvgIpc) is 3.34. The molecule has 0 bridgehead atoms. The maximum Gasteiger partial charge on any atom is 0.233 e. The topological polar surface area (TPSA) is 51.0 Å². The van der Waals surface area contributed by atoms with Crippen molar-refractivity contribution in [3.8, 4) is 0 Å². The third-order valence-corrected chi connectivity index (χ3v) is 5.49. The lowest BCUT2D eigenvalue weighted by atomic mass is 9.92. The monoisotopic (exact) mass is 342 g/mol. The molecule has 6 heteroatoms. The van der Waals surface area contributed by atoms with Gasteiger partial charge in [0, 0.05) is 18.7 Å². The van der Waals surface area contributed by atoms with Crippen molar-refractivity contribution >= 4 is 5.91 Å². The van der Waals surface area contributed by atoms with Crippen LogP contribution in [-0.4, -0.2) is 38.7 Å². The van der Waals surface area contributed by atoms with Gasteiger partial charge in [0.25, 0.3) is 0 Å². The van der Waals surface area contributed by atoms with E-state index in [1.54, 1.807) is 12.1 Å². The molecule has 132 valence electrons. The Labute approximate surface area is 146 Å². The van der Waals surface area contributed by atoms with Gasteiger partial charge < -0.3 is 4.90 Å². The van der Waals surface area contributed by atoms with Gasteiger partial charge >= 0.3 is 0 Å². The summed E-state index contributed by atoms with van der Waals surface area (Å²) in [7, 11) is 0. The highest BCUT2D eigenvalue weighted by Crippen LogP contribution is 2.50. The van der Waals surface area contributed by atoms with Gasteiger partial charge in [0.05, 0.1) is 11.5 Å². The minimum Gasteiger partial charge on any atom is -0.340 e. The van der Waals surface area contributed by atoms with Crippen molar-refractivity contribution in [3.63, 3.8) is 0 Å². The van der Waals surface area contributed by atoms with E-state index in [2.05, 4.69) is 10.1 Å².